The Hall–Kier alpha value is -3.20. The molecule has 4 rings (SSSR count). The van der Waals surface area contributed by atoms with Crippen LogP contribution in [0.3, 0.4) is 0 Å². The first kappa shape index (κ1) is 23.0. The molecule has 172 valence electrons. The monoisotopic (exact) mass is 467 g/mol. The molecule has 2 aromatic heterocycles. The number of aliphatic hydroxyl groups excluding tert-OH is 1. The number of fused-ring (bicyclic) bond motifs is 1. The zero-order valence-electron chi connectivity index (χ0n) is 18.6. The van der Waals surface area contributed by atoms with Crippen LogP contribution in [0.15, 0.2) is 58.3 Å². The van der Waals surface area contributed by atoms with Gasteiger partial charge in [0.1, 0.15) is 17.6 Å². The third kappa shape index (κ3) is 4.78. The molecule has 0 aliphatic carbocycles. The van der Waals surface area contributed by atoms with Crippen molar-refractivity contribution in [2.75, 3.05) is 20.8 Å². The van der Waals surface area contributed by atoms with E-state index in [4.69, 9.17) is 18.6 Å². The molecule has 2 unspecified atom stereocenters. The maximum Gasteiger partial charge on any atom is 0.338 e. The van der Waals surface area contributed by atoms with Crippen molar-refractivity contribution in [2.45, 2.75) is 25.6 Å². The number of oxazole rings is 1. The first-order valence-electron chi connectivity index (χ1n) is 10.5. The van der Waals surface area contributed by atoms with Crippen molar-refractivity contribution < 1.29 is 28.5 Å². The highest BCUT2D eigenvalue weighted by Gasteiger charge is 2.30. The second kappa shape index (κ2) is 10.2. The summed E-state index contributed by atoms with van der Waals surface area (Å²) in [5.74, 6) is 1.43. The van der Waals surface area contributed by atoms with E-state index in [1.807, 2.05) is 48.7 Å². The number of carbonyl (C=O) groups excluding carboxylic acids is 1. The Labute approximate surface area is 195 Å². The second-order valence-corrected chi connectivity index (χ2v) is 8.34. The molecule has 0 amide bonds. The molecule has 2 atom stereocenters. The molecule has 2 heterocycles. The summed E-state index contributed by atoms with van der Waals surface area (Å²) in [5, 5.41) is 13.5. The number of benzene rings is 2. The fraction of sp³-hybridized carbons (Fsp3) is 0.280. The summed E-state index contributed by atoms with van der Waals surface area (Å²) < 4.78 is 22.6. The van der Waals surface area contributed by atoms with Crippen LogP contribution in [-0.4, -0.2) is 43.0 Å². The van der Waals surface area contributed by atoms with E-state index in [-0.39, 0.29) is 0 Å². The standard InChI is InChI=1S/C25H25NO6S/c1-15-19(26-24(32-15)16-7-5-4-6-8-16)11-13-31-20-10-9-18(23-17(20)12-14-33-23)21(27)22(29-2)25(28)30-3/h4-10,12,14,21-22,27H,11,13H2,1-3H3. The van der Waals surface area contributed by atoms with Crippen molar-refractivity contribution in [2.24, 2.45) is 0 Å². The van der Waals surface area contributed by atoms with E-state index in [1.54, 1.807) is 12.1 Å². The van der Waals surface area contributed by atoms with Gasteiger partial charge in [0.2, 0.25) is 5.89 Å². The van der Waals surface area contributed by atoms with Crippen LogP contribution in [0.4, 0.5) is 0 Å². The van der Waals surface area contributed by atoms with Gasteiger partial charge in [-0.05, 0) is 36.6 Å². The summed E-state index contributed by atoms with van der Waals surface area (Å²) in [6, 6.07) is 15.3. The van der Waals surface area contributed by atoms with E-state index in [0.29, 0.717) is 30.2 Å². The van der Waals surface area contributed by atoms with Gasteiger partial charge >= 0.3 is 5.97 Å². The molecule has 0 saturated heterocycles. The van der Waals surface area contributed by atoms with Crippen LogP contribution in [0.1, 0.15) is 23.1 Å². The van der Waals surface area contributed by atoms with Crippen LogP contribution in [0, 0.1) is 6.92 Å². The van der Waals surface area contributed by atoms with Crippen molar-refractivity contribution >= 4 is 27.4 Å². The lowest BCUT2D eigenvalue weighted by Gasteiger charge is -2.20. The first-order valence-corrected chi connectivity index (χ1v) is 11.3. The Morgan fingerprint density at radius 2 is 1.94 bits per heavy atom. The van der Waals surface area contributed by atoms with Gasteiger partial charge in [-0.25, -0.2) is 9.78 Å². The highest BCUT2D eigenvalue weighted by Crippen LogP contribution is 2.37. The van der Waals surface area contributed by atoms with Crippen LogP contribution in [0.5, 0.6) is 5.75 Å². The number of aliphatic hydroxyl groups is 1. The lowest BCUT2D eigenvalue weighted by atomic mass is 10.0. The van der Waals surface area contributed by atoms with Crippen molar-refractivity contribution in [1.29, 1.82) is 0 Å². The molecule has 4 aromatic rings. The number of esters is 1. The van der Waals surface area contributed by atoms with Crippen molar-refractivity contribution in [3.05, 3.63) is 70.9 Å². The molecule has 0 fully saturated rings. The molecule has 0 bridgehead atoms. The van der Waals surface area contributed by atoms with E-state index >= 15 is 0 Å². The molecule has 0 spiro atoms. The van der Waals surface area contributed by atoms with Crippen LogP contribution in [0.25, 0.3) is 21.5 Å². The lowest BCUT2D eigenvalue weighted by molar-refractivity contribution is -0.159. The van der Waals surface area contributed by atoms with Crippen molar-refractivity contribution in [3.8, 4) is 17.2 Å². The third-order valence-corrected chi connectivity index (χ3v) is 6.37. The number of carbonyl (C=O) groups is 1. The topological polar surface area (TPSA) is 91.0 Å². The van der Waals surface area contributed by atoms with Gasteiger partial charge in [0, 0.05) is 34.7 Å². The van der Waals surface area contributed by atoms with Gasteiger partial charge in [-0.3, -0.25) is 0 Å². The maximum atomic E-state index is 12.0. The Bertz CT molecular complexity index is 1230. The molecular formula is C25H25NO6S. The summed E-state index contributed by atoms with van der Waals surface area (Å²) in [6.45, 7) is 2.31. The number of rotatable bonds is 9. The van der Waals surface area contributed by atoms with Crippen LogP contribution >= 0.6 is 11.3 Å². The number of aryl methyl sites for hydroxylation is 1. The lowest BCUT2D eigenvalue weighted by Crippen LogP contribution is -2.31. The number of hydrogen-bond acceptors (Lipinski definition) is 8. The second-order valence-electron chi connectivity index (χ2n) is 7.43. The van der Waals surface area contributed by atoms with Crippen molar-refractivity contribution in [3.63, 3.8) is 0 Å². The van der Waals surface area contributed by atoms with E-state index in [1.165, 1.54) is 25.6 Å². The fourth-order valence-corrected chi connectivity index (χ4v) is 4.63. The molecule has 7 nitrogen and oxygen atoms in total. The molecule has 33 heavy (non-hydrogen) atoms. The summed E-state index contributed by atoms with van der Waals surface area (Å²) >= 11 is 1.46. The molecular weight excluding hydrogens is 442 g/mol. The Morgan fingerprint density at radius 1 is 1.15 bits per heavy atom. The minimum Gasteiger partial charge on any atom is -0.493 e. The Kier molecular flexibility index (Phi) is 7.08. The fourth-order valence-electron chi connectivity index (χ4n) is 3.67. The number of thiophene rings is 1. The van der Waals surface area contributed by atoms with E-state index in [0.717, 1.165) is 27.1 Å². The van der Waals surface area contributed by atoms with Gasteiger partial charge in [0.15, 0.2) is 6.10 Å². The van der Waals surface area contributed by atoms with Gasteiger partial charge in [-0.1, -0.05) is 24.3 Å². The third-order valence-electron chi connectivity index (χ3n) is 5.41. The normalized spacial score (nSPS) is 13.1. The van der Waals surface area contributed by atoms with Crippen LogP contribution < -0.4 is 4.74 Å². The van der Waals surface area contributed by atoms with E-state index in [9.17, 15) is 9.90 Å². The summed E-state index contributed by atoms with van der Waals surface area (Å²) in [7, 11) is 2.63. The largest absolute Gasteiger partial charge is 0.493 e. The van der Waals surface area contributed by atoms with Gasteiger partial charge in [0.25, 0.3) is 0 Å². The molecule has 0 aliphatic rings. The summed E-state index contributed by atoms with van der Waals surface area (Å²) in [6.07, 6.45) is -1.68. The average molecular weight is 468 g/mol. The number of nitrogens with zero attached hydrogens (tertiary/aromatic N) is 1. The quantitative estimate of drug-likeness (QED) is 0.357. The number of aromatic nitrogens is 1. The van der Waals surface area contributed by atoms with E-state index < -0.39 is 18.2 Å². The van der Waals surface area contributed by atoms with Gasteiger partial charge in [-0.2, -0.15) is 0 Å². The van der Waals surface area contributed by atoms with Crippen molar-refractivity contribution in [1.82, 2.24) is 4.98 Å². The number of hydrogen-bond donors (Lipinski definition) is 1. The first-order chi connectivity index (χ1) is 16.0. The average Bonchev–Trinajstić information content (AvgIpc) is 3.47. The predicted octanol–water partition coefficient (Wildman–Crippen LogP) is 4.71. The number of ether oxygens (including phenoxy) is 3. The molecule has 1 N–H and O–H groups in total. The number of methoxy groups -OCH3 is 2. The van der Waals surface area contributed by atoms with Crippen LogP contribution in [-0.2, 0) is 20.7 Å². The predicted molar refractivity (Wildman–Crippen MR) is 125 cm³/mol. The minimum absolute atomic E-state index is 0.414. The van der Waals surface area contributed by atoms with E-state index in [2.05, 4.69) is 4.98 Å². The van der Waals surface area contributed by atoms with Gasteiger partial charge in [0.05, 0.1) is 19.4 Å². The highest BCUT2D eigenvalue weighted by molar-refractivity contribution is 7.17. The molecule has 0 radical (unpaired) electrons. The van der Waals surface area contributed by atoms with Gasteiger partial charge < -0.3 is 23.7 Å². The molecule has 0 aliphatic heterocycles. The summed E-state index contributed by atoms with van der Waals surface area (Å²) in [5.41, 5.74) is 2.37. The minimum atomic E-state index is -1.16. The smallest absolute Gasteiger partial charge is 0.338 e. The Balaban J connectivity index is 1.49. The summed E-state index contributed by atoms with van der Waals surface area (Å²) in [4.78, 5) is 16.6. The Morgan fingerprint density at radius 3 is 2.67 bits per heavy atom. The molecule has 8 heteroatoms. The SMILES string of the molecule is COC(=O)C(OC)C(O)c1ccc(OCCc2nc(-c3ccccc3)oc2C)c2ccsc12. The maximum absolute atomic E-state index is 12.0. The zero-order valence-corrected chi connectivity index (χ0v) is 19.4. The zero-order chi connectivity index (χ0) is 23.4. The molecule has 2 aromatic carbocycles. The van der Waals surface area contributed by atoms with Crippen LogP contribution in [0.2, 0.25) is 0 Å². The molecule has 0 saturated carbocycles. The van der Waals surface area contributed by atoms with Gasteiger partial charge in [-0.15, -0.1) is 11.3 Å². The highest BCUT2D eigenvalue weighted by atomic mass is 32.1.